The molecule has 4 nitrogen and oxygen atoms in total. The smallest absolute Gasteiger partial charge is 0.129 e. The van der Waals surface area contributed by atoms with E-state index in [0.29, 0.717) is 0 Å². The molecule has 2 aliphatic rings. The van der Waals surface area contributed by atoms with Crippen molar-refractivity contribution in [3.8, 4) is 11.5 Å². The lowest BCUT2D eigenvalue weighted by atomic mass is 10.0. The highest BCUT2D eigenvalue weighted by atomic mass is 28.3. The molecule has 3 aromatic rings. The standard InChI is InChI=1S/C43H58N4Si/c1-7-10-13-16-19-32-36-22-24-38(44-36)33(20-17-14-11-8-2)40-26-28-42(46-40)35(30-31-48(4,5)6)43-29-27-41(47-43)34(21-18-15-12-9-3)39-25-23-37(32)45-39/h22-29,44-45H,7-21H2,1-6H3. The van der Waals surface area contributed by atoms with Gasteiger partial charge in [-0.2, -0.15) is 0 Å². The lowest BCUT2D eigenvalue weighted by molar-refractivity contribution is 0.667. The van der Waals surface area contributed by atoms with Crippen molar-refractivity contribution in [1.82, 2.24) is 19.9 Å². The van der Waals surface area contributed by atoms with Gasteiger partial charge in [0, 0.05) is 33.2 Å². The lowest BCUT2D eigenvalue weighted by Gasteiger charge is -2.06. The van der Waals surface area contributed by atoms with Gasteiger partial charge in [-0.25, -0.2) is 9.97 Å². The Morgan fingerprint density at radius 2 is 0.875 bits per heavy atom. The molecule has 0 aliphatic carbocycles. The molecule has 0 atom stereocenters. The van der Waals surface area contributed by atoms with Crippen molar-refractivity contribution in [3.05, 3.63) is 69.3 Å². The maximum absolute atomic E-state index is 5.32. The highest BCUT2D eigenvalue weighted by Crippen LogP contribution is 2.29. The summed E-state index contributed by atoms with van der Waals surface area (Å²) in [6, 6.07) is 9.18. The van der Waals surface area contributed by atoms with Crippen LogP contribution in [0.2, 0.25) is 19.6 Å². The van der Waals surface area contributed by atoms with E-state index in [1.54, 1.807) is 0 Å². The van der Waals surface area contributed by atoms with Crippen molar-refractivity contribution < 1.29 is 0 Å². The Balaban J connectivity index is 1.82. The van der Waals surface area contributed by atoms with Gasteiger partial charge in [-0.1, -0.05) is 104 Å². The minimum Gasteiger partial charge on any atom is -0.355 e. The lowest BCUT2D eigenvalue weighted by Crippen LogP contribution is -2.16. The summed E-state index contributed by atoms with van der Waals surface area (Å²) in [6.45, 7) is 13.7. The Morgan fingerprint density at radius 3 is 1.27 bits per heavy atom. The Hall–Kier alpha value is -3.62. The fourth-order valence-electron chi connectivity index (χ4n) is 6.74. The minimum absolute atomic E-state index is 0.931. The molecule has 0 fully saturated rings. The molecule has 2 aliphatic heterocycles. The van der Waals surface area contributed by atoms with Crippen molar-refractivity contribution in [2.75, 3.05) is 0 Å². The summed E-state index contributed by atoms with van der Waals surface area (Å²) in [5.74, 6) is 3.60. The SMILES string of the molecule is CCCCCCc1c2nc(c(C#C[Si](C)(C)C)c3nc(c(CCCCCC)c4ccc([nH]4)c(CCCCCC)c4ccc1[nH]4)C=C3)C=C2. The molecule has 254 valence electrons. The summed E-state index contributed by atoms with van der Waals surface area (Å²) >= 11 is 0. The van der Waals surface area contributed by atoms with Crippen LogP contribution in [0.3, 0.4) is 0 Å². The normalized spacial score (nSPS) is 12.5. The van der Waals surface area contributed by atoms with E-state index in [1.807, 2.05) is 0 Å². The molecule has 5 rings (SSSR count). The molecule has 5 heterocycles. The van der Waals surface area contributed by atoms with Crippen LogP contribution in [0, 0.1) is 11.5 Å². The van der Waals surface area contributed by atoms with Gasteiger partial charge in [0.2, 0.25) is 0 Å². The maximum Gasteiger partial charge on any atom is 0.129 e. The van der Waals surface area contributed by atoms with Gasteiger partial charge >= 0.3 is 0 Å². The van der Waals surface area contributed by atoms with Crippen LogP contribution >= 0.6 is 0 Å². The van der Waals surface area contributed by atoms with Crippen molar-refractivity contribution in [1.29, 1.82) is 0 Å². The maximum atomic E-state index is 5.32. The second-order valence-electron chi connectivity index (χ2n) is 14.7. The molecule has 0 spiro atoms. The van der Waals surface area contributed by atoms with Crippen LogP contribution in [0.5, 0.6) is 0 Å². The molecule has 0 unspecified atom stereocenters. The zero-order chi connectivity index (χ0) is 33.9. The van der Waals surface area contributed by atoms with Gasteiger partial charge in [0.1, 0.15) is 8.07 Å². The van der Waals surface area contributed by atoms with E-state index >= 15 is 0 Å². The highest BCUT2D eigenvalue weighted by molar-refractivity contribution is 6.83. The molecule has 2 N–H and O–H groups in total. The molecule has 0 radical (unpaired) electrons. The fraction of sp³-hybridized carbons (Fsp3) is 0.488. The molecule has 8 bridgehead atoms. The third-order valence-corrected chi connectivity index (χ3v) is 10.4. The monoisotopic (exact) mass is 658 g/mol. The first kappa shape index (κ1) is 35.7. The Labute approximate surface area is 291 Å². The van der Waals surface area contributed by atoms with Gasteiger partial charge in [-0.15, -0.1) is 5.54 Å². The number of rotatable bonds is 15. The third kappa shape index (κ3) is 9.29. The van der Waals surface area contributed by atoms with Crippen LogP contribution in [0.25, 0.3) is 46.4 Å². The molecule has 0 aromatic carbocycles. The van der Waals surface area contributed by atoms with Crippen molar-refractivity contribution in [2.45, 2.75) is 137 Å². The van der Waals surface area contributed by atoms with E-state index in [1.165, 1.54) is 103 Å². The van der Waals surface area contributed by atoms with E-state index in [9.17, 15) is 0 Å². The van der Waals surface area contributed by atoms with Crippen molar-refractivity contribution in [3.63, 3.8) is 0 Å². The number of hydrogen-bond donors (Lipinski definition) is 2. The van der Waals surface area contributed by atoms with Gasteiger partial charge in [-0.3, -0.25) is 0 Å². The van der Waals surface area contributed by atoms with Crippen LogP contribution in [0.4, 0.5) is 0 Å². The summed E-state index contributed by atoms with van der Waals surface area (Å²) in [7, 11) is -1.64. The molecular weight excluding hydrogens is 601 g/mol. The average molecular weight is 659 g/mol. The third-order valence-electron chi connectivity index (χ3n) is 9.49. The van der Waals surface area contributed by atoms with Crippen LogP contribution < -0.4 is 0 Å². The summed E-state index contributed by atoms with van der Waals surface area (Å²) in [5.41, 5.74) is 17.3. The summed E-state index contributed by atoms with van der Waals surface area (Å²) in [5, 5.41) is 0. The summed E-state index contributed by atoms with van der Waals surface area (Å²) < 4.78 is 0. The fourth-order valence-corrected chi connectivity index (χ4v) is 7.24. The van der Waals surface area contributed by atoms with Crippen LogP contribution in [0.15, 0.2) is 24.3 Å². The first-order chi connectivity index (χ1) is 23.3. The van der Waals surface area contributed by atoms with E-state index in [4.69, 9.17) is 9.97 Å². The number of aromatic nitrogens is 4. The largest absolute Gasteiger partial charge is 0.355 e. The van der Waals surface area contributed by atoms with Crippen molar-refractivity contribution >= 4 is 54.4 Å². The molecular formula is C43H58N4Si. The van der Waals surface area contributed by atoms with Crippen LogP contribution in [0.1, 0.15) is 143 Å². The minimum atomic E-state index is -1.64. The zero-order valence-electron chi connectivity index (χ0n) is 30.6. The number of fused-ring (bicyclic) bond motifs is 8. The Kier molecular flexibility index (Phi) is 12.8. The summed E-state index contributed by atoms with van der Waals surface area (Å²) in [6.07, 6.45) is 26.5. The Bertz CT molecular complexity index is 1720. The number of hydrogen-bond acceptors (Lipinski definition) is 2. The molecule has 5 heteroatoms. The predicted octanol–water partition coefficient (Wildman–Crippen LogP) is 12.3. The van der Waals surface area contributed by atoms with E-state index < -0.39 is 8.07 Å². The number of nitrogens with zero attached hydrogens (tertiary/aromatic N) is 2. The van der Waals surface area contributed by atoms with Crippen LogP contribution in [-0.2, 0) is 19.3 Å². The topological polar surface area (TPSA) is 57.4 Å². The van der Waals surface area contributed by atoms with Gasteiger partial charge in [0.25, 0.3) is 0 Å². The summed E-state index contributed by atoms with van der Waals surface area (Å²) in [4.78, 5) is 18.5. The average Bonchev–Trinajstić information content (AvgIpc) is 3.89. The van der Waals surface area contributed by atoms with E-state index in [-0.39, 0.29) is 0 Å². The Morgan fingerprint density at radius 1 is 0.500 bits per heavy atom. The number of H-pyrrole nitrogens is 2. The molecule has 48 heavy (non-hydrogen) atoms. The molecule has 0 saturated heterocycles. The highest BCUT2D eigenvalue weighted by Gasteiger charge is 2.17. The molecule has 0 amide bonds. The molecule has 3 aromatic heterocycles. The van der Waals surface area contributed by atoms with E-state index in [0.717, 1.165) is 60.4 Å². The van der Waals surface area contributed by atoms with Gasteiger partial charge in [0.05, 0.1) is 28.3 Å². The quantitative estimate of drug-likeness (QED) is 0.0668. The number of unbranched alkanes of at least 4 members (excludes halogenated alkanes) is 9. The first-order valence-electron chi connectivity index (χ1n) is 19.0. The predicted molar refractivity (Wildman–Crippen MR) is 213 cm³/mol. The van der Waals surface area contributed by atoms with Gasteiger partial charge in [-0.05, 0) is 92.7 Å². The van der Waals surface area contributed by atoms with Gasteiger partial charge < -0.3 is 9.97 Å². The molecule has 0 saturated carbocycles. The number of nitrogens with one attached hydrogen (secondary N) is 2. The van der Waals surface area contributed by atoms with Crippen LogP contribution in [-0.4, -0.2) is 28.0 Å². The second-order valence-corrected chi connectivity index (χ2v) is 19.5. The van der Waals surface area contributed by atoms with Crippen molar-refractivity contribution in [2.24, 2.45) is 0 Å². The second kappa shape index (κ2) is 17.2. The number of aromatic amines is 2. The number of aryl methyl sites for hydroxylation is 3. The van der Waals surface area contributed by atoms with E-state index in [2.05, 4.69) is 110 Å². The zero-order valence-corrected chi connectivity index (χ0v) is 31.6. The first-order valence-corrected chi connectivity index (χ1v) is 22.5. The van der Waals surface area contributed by atoms with Gasteiger partial charge in [0.15, 0.2) is 0 Å².